The summed E-state index contributed by atoms with van der Waals surface area (Å²) in [5.74, 6) is 0.865. The van der Waals surface area contributed by atoms with Crippen LogP contribution in [0.5, 0.6) is 11.6 Å². The van der Waals surface area contributed by atoms with E-state index in [1.807, 2.05) is 31.2 Å². The first-order chi connectivity index (χ1) is 8.18. The highest BCUT2D eigenvalue weighted by molar-refractivity contribution is 5.96. The second-order valence-electron chi connectivity index (χ2n) is 3.52. The van der Waals surface area contributed by atoms with Gasteiger partial charge in [0.1, 0.15) is 17.9 Å². The van der Waals surface area contributed by atoms with Crippen LogP contribution in [0, 0.1) is 12.3 Å². The van der Waals surface area contributed by atoms with E-state index in [2.05, 4.69) is 9.97 Å². The Morgan fingerprint density at radius 3 is 2.82 bits per heavy atom. The van der Waals surface area contributed by atoms with Gasteiger partial charge in [0.2, 0.25) is 5.88 Å². The van der Waals surface area contributed by atoms with Crippen LogP contribution in [0.25, 0.3) is 0 Å². The molecule has 1 aromatic heterocycles. The average Bonchev–Trinajstić information content (AvgIpc) is 2.32. The molecule has 0 saturated heterocycles. The highest BCUT2D eigenvalue weighted by Crippen LogP contribution is 2.24. The van der Waals surface area contributed by atoms with Gasteiger partial charge in [-0.3, -0.25) is 5.41 Å². The fraction of sp³-hybridized carbons (Fsp3) is 0.0833. The first-order valence-electron chi connectivity index (χ1n) is 5.06. The van der Waals surface area contributed by atoms with Gasteiger partial charge < -0.3 is 10.5 Å². The van der Waals surface area contributed by atoms with Crippen molar-refractivity contribution in [2.75, 3.05) is 0 Å². The van der Waals surface area contributed by atoms with Crippen LogP contribution >= 0.6 is 0 Å². The smallest absolute Gasteiger partial charge is 0.233 e. The molecular formula is C12H12N4O. The lowest BCUT2D eigenvalue weighted by Crippen LogP contribution is -2.13. The minimum atomic E-state index is -0.116. The summed E-state index contributed by atoms with van der Waals surface area (Å²) < 4.78 is 5.63. The first-order valence-corrected chi connectivity index (χ1v) is 5.06. The Labute approximate surface area is 98.8 Å². The third-order valence-corrected chi connectivity index (χ3v) is 2.27. The Kier molecular flexibility index (Phi) is 3.00. The number of rotatable bonds is 3. The van der Waals surface area contributed by atoms with Crippen molar-refractivity contribution in [2.45, 2.75) is 6.92 Å². The summed E-state index contributed by atoms with van der Waals surface area (Å²) in [5, 5.41) is 7.41. The van der Waals surface area contributed by atoms with Crippen molar-refractivity contribution < 1.29 is 4.74 Å². The number of amidine groups is 1. The Hall–Kier alpha value is -2.43. The minimum Gasteiger partial charge on any atom is -0.438 e. The van der Waals surface area contributed by atoms with Gasteiger partial charge in [-0.2, -0.15) is 0 Å². The third kappa shape index (κ3) is 2.39. The lowest BCUT2D eigenvalue weighted by molar-refractivity contribution is 0.457. The molecule has 0 saturated carbocycles. The quantitative estimate of drug-likeness (QED) is 0.620. The second-order valence-corrected chi connectivity index (χ2v) is 3.52. The van der Waals surface area contributed by atoms with E-state index in [0.29, 0.717) is 17.2 Å². The molecule has 2 rings (SSSR count). The Morgan fingerprint density at radius 2 is 2.12 bits per heavy atom. The van der Waals surface area contributed by atoms with Crippen LogP contribution in [0.1, 0.15) is 11.1 Å². The maximum Gasteiger partial charge on any atom is 0.233 e. The van der Waals surface area contributed by atoms with Crippen molar-refractivity contribution >= 4 is 5.84 Å². The van der Waals surface area contributed by atoms with Gasteiger partial charge in [-0.1, -0.05) is 18.2 Å². The highest BCUT2D eigenvalue weighted by atomic mass is 16.5. The van der Waals surface area contributed by atoms with Crippen LogP contribution in [0.2, 0.25) is 0 Å². The van der Waals surface area contributed by atoms with Gasteiger partial charge in [-0.15, -0.1) is 0 Å². The van der Waals surface area contributed by atoms with Crippen molar-refractivity contribution in [3.63, 3.8) is 0 Å². The van der Waals surface area contributed by atoms with Crippen molar-refractivity contribution in [1.82, 2.24) is 9.97 Å². The number of ether oxygens (including phenoxy) is 1. The maximum atomic E-state index is 7.41. The molecule has 0 amide bonds. The topological polar surface area (TPSA) is 84.9 Å². The number of hydrogen-bond acceptors (Lipinski definition) is 4. The predicted molar refractivity (Wildman–Crippen MR) is 64.3 cm³/mol. The summed E-state index contributed by atoms with van der Waals surface area (Å²) >= 11 is 0. The lowest BCUT2D eigenvalue weighted by atomic mass is 10.2. The molecule has 1 aromatic carbocycles. The van der Waals surface area contributed by atoms with E-state index < -0.39 is 0 Å². The standard InChI is InChI=1S/C12H12N4O/c1-8-4-2-3-5-10(8)17-12-9(11(13)14)6-15-7-16-12/h2-7H,1H3,(H3,13,14). The number of nitrogens with two attached hydrogens (primary N) is 1. The first kappa shape index (κ1) is 11.1. The van der Waals surface area contributed by atoms with Crippen LogP contribution in [0.15, 0.2) is 36.8 Å². The summed E-state index contributed by atoms with van der Waals surface area (Å²) in [7, 11) is 0. The summed E-state index contributed by atoms with van der Waals surface area (Å²) in [6, 6.07) is 7.57. The third-order valence-electron chi connectivity index (χ3n) is 2.27. The number of aryl methyl sites for hydroxylation is 1. The highest BCUT2D eigenvalue weighted by Gasteiger charge is 2.10. The molecule has 86 valence electrons. The lowest BCUT2D eigenvalue weighted by Gasteiger charge is -2.09. The zero-order valence-corrected chi connectivity index (χ0v) is 9.34. The second kappa shape index (κ2) is 4.61. The molecule has 1 heterocycles. The van der Waals surface area contributed by atoms with Crippen LogP contribution in [0.4, 0.5) is 0 Å². The van der Waals surface area contributed by atoms with E-state index >= 15 is 0 Å². The monoisotopic (exact) mass is 228 g/mol. The van der Waals surface area contributed by atoms with Gasteiger partial charge in [-0.25, -0.2) is 9.97 Å². The van der Waals surface area contributed by atoms with E-state index in [1.54, 1.807) is 0 Å². The molecule has 0 radical (unpaired) electrons. The zero-order valence-electron chi connectivity index (χ0n) is 9.34. The fourth-order valence-corrected chi connectivity index (χ4v) is 1.36. The molecule has 0 atom stereocenters. The number of nitrogens with zero attached hydrogens (tertiary/aromatic N) is 2. The van der Waals surface area contributed by atoms with E-state index in [9.17, 15) is 0 Å². The van der Waals surface area contributed by atoms with Crippen LogP contribution in [0.3, 0.4) is 0 Å². The summed E-state index contributed by atoms with van der Waals surface area (Å²) in [6.07, 6.45) is 2.82. The van der Waals surface area contributed by atoms with E-state index in [-0.39, 0.29) is 5.84 Å². The molecule has 0 fully saturated rings. The molecule has 2 aromatic rings. The molecule has 3 N–H and O–H groups in total. The van der Waals surface area contributed by atoms with Crippen LogP contribution in [-0.4, -0.2) is 15.8 Å². The maximum absolute atomic E-state index is 7.41. The Balaban J connectivity index is 2.37. The Morgan fingerprint density at radius 1 is 1.35 bits per heavy atom. The number of aromatic nitrogens is 2. The fourth-order valence-electron chi connectivity index (χ4n) is 1.36. The summed E-state index contributed by atoms with van der Waals surface area (Å²) in [5.41, 5.74) is 6.80. The molecule has 17 heavy (non-hydrogen) atoms. The number of benzene rings is 1. The van der Waals surface area contributed by atoms with Gasteiger partial charge in [0.25, 0.3) is 0 Å². The Bertz CT molecular complexity index is 554. The van der Waals surface area contributed by atoms with Gasteiger partial charge in [0, 0.05) is 6.20 Å². The molecule has 0 unspecified atom stereocenters. The normalized spacial score (nSPS) is 9.94. The van der Waals surface area contributed by atoms with Crippen LogP contribution in [-0.2, 0) is 0 Å². The molecule has 0 aliphatic heterocycles. The van der Waals surface area contributed by atoms with Gasteiger partial charge in [-0.05, 0) is 18.6 Å². The average molecular weight is 228 g/mol. The van der Waals surface area contributed by atoms with Gasteiger partial charge >= 0.3 is 0 Å². The zero-order chi connectivity index (χ0) is 12.3. The van der Waals surface area contributed by atoms with Crippen molar-refractivity contribution in [1.29, 1.82) is 5.41 Å². The number of nitrogens with one attached hydrogen (secondary N) is 1. The minimum absolute atomic E-state index is 0.116. The molecule has 0 bridgehead atoms. The van der Waals surface area contributed by atoms with E-state index in [1.165, 1.54) is 12.5 Å². The summed E-state index contributed by atoms with van der Waals surface area (Å²) in [6.45, 7) is 1.93. The molecule has 5 heteroatoms. The van der Waals surface area contributed by atoms with Crippen LogP contribution < -0.4 is 10.5 Å². The SMILES string of the molecule is Cc1ccccc1Oc1ncncc1C(=N)N. The van der Waals surface area contributed by atoms with Crippen molar-refractivity contribution in [3.05, 3.63) is 47.9 Å². The molecular weight excluding hydrogens is 216 g/mol. The van der Waals surface area contributed by atoms with Gasteiger partial charge in [0.15, 0.2) is 0 Å². The van der Waals surface area contributed by atoms with Crippen molar-refractivity contribution in [3.8, 4) is 11.6 Å². The summed E-state index contributed by atoms with van der Waals surface area (Å²) in [4.78, 5) is 7.80. The molecule has 0 aliphatic rings. The molecule has 5 nitrogen and oxygen atoms in total. The number of nitrogen functional groups attached to an aromatic ring is 1. The van der Waals surface area contributed by atoms with E-state index in [0.717, 1.165) is 5.56 Å². The molecule has 0 aliphatic carbocycles. The number of para-hydroxylation sites is 1. The largest absolute Gasteiger partial charge is 0.438 e. The number of hydrogen-bond donors (Lipinski definition) is 2. The van der Waals surface area contributed by atoms with Crippen molar-refractivity contribution in [2.24, 2.45) is 5.73 Å². The van der Waals surface area contributed by atoms with Gasteiger partial charge in [0.05, 0.1) is 5.56 Å². The molecule has 0 spiro atoms. The van der Waals surface area contributed by atoms with E-state index in [4.69, 9.17) is 15.9 Å². The predicted octanol–water partition coefficient (Wildman–Crippen LogP) is 1.86.